The van der Waals surface area contributed by atoms with E-state index in [-0.39, 0.29) is 29.7 Å². The number of esters is 8. The topological polar surface area (TPSA) is 253 Å². The molecule has 2 aliphatic heterocycles. The lowest BCUT2D eigenvalue weighted by molar-refractivity contribution is -0.386. The van der Waals surface area contributed by atoms with Gasteiger partial charge in [0.15, 0.2) is 30.0 Å². The molecule has 4 aliphatic rings. The zero-order valence-electron chi connectivity index (χ0n) is 35.4. The Labute approximate surface area is 355 Å². The van der Waals surface area contributed by atoms with Crippen LogP contribution in [0.1, 0.15) is 88.2 Å². The van der Waals surface area contributed by atoms with Crippen molar-refractivity contribution in [2.45, 2.75) is 122 Å². The normalized spacial score (nSPS) is 35.0. The number of rotatable bonds is 8. The maximum atomic E-state index is 14.4. The number of aryl methyl sites for hydroxylation is 1. The largest absolute Gasteiger partial charge is 0.465 e. The summed E-state index contributed by atoms with van der Waals surface area (Å²) in [7, 11) is 0. The van der Waals surface area contributed by atoms with Crippen LogP contribution in [0, 0.1) is 17.3 Å². The van der Waals surface area contributed by atoms with E-state index in [9.17, 15) is 43.5 Å². The van der Waals surface area contributed by atoms with E-state index in [1.54, 1.807) is 6.07 Å². The van der Waals surface area contributed by atoms with Crippen molar-refractivity contribution in [2.75, 3.05) is 13.2 Å². The molecule has 0 radical (unpaired) electrons. The molecule has 1 aromatic carbocycles. The molecule has 19 nitrogen and oxygen atoms in total. The summed E-state index contributed by atoms with van der Waals surface area (Å²) in [6.07, 6.45) is -10.6. The molecular weight excluding hydrogens is 818 g/mol. The third-order valence-corrected chi connectivity index (χ3v) is 12.1. The highest BCUT2D eigenvalue weighted by molar-refractivity contribution is 5.91. The molecule has 2 saturated carbocycles. The number of cyclic esters (lactones) is 1. The van der Waals surface area contributed by atoms with E-state index in [2.05, 4.69) is 4.98 Å². The van der Waals surface area contributed by atoms with Crippen LogP contribution in [0.5, 0.6) is 0 Å². The van der Waals surface area contributed by atoms with Gasteiger partial charge in [-0.1, -0.05) is 25.1 Å². The Bertz CT molecular complexity index is 2140. The molecule has 2 aromatic rings. The minimum atomic E-state index is -2.86. The lowest BCUT2D eigenvalue weighted by atomic mass is 9.45. The highest BCUT2D eigenvalue weighted by Crippen LogP contribution is 2.70. The minimum absolute atomic E-state index is 0.0225. The molecule has 1 aromatic heterocycles. The Morgan fingerprint density at radius 1 is 0.774 bits per heavy atom. The minimum Gasteiger partial charge on any atom is -0.465 e. The van der Waals surface area contributed by atoms with Gasteiger partial charge in [0.25, 0.3) is 0 Å². The van der Waals surface area contributed by atoms with E-state index in [4.69, 9.17) is 42.6 Å². The molecule has 1 saturated heterocycles. The third kappa shape index (κ3) is 7.76. The van der Waals surface area contributed by atoms with Crippen LogP contribution in [-0.4, -0.2) is 124 Å². The smallest absolute Gasteiger partial charge is 0.340 e. The van der Waals surface area contributed by atoms with Gasteiger partial charge in [-0.05, 0) is 51.0 Å². The first-order valence-corrected chi connectivity index (χ1v) is 19.9. The summed E-state index contributed by atoms with van der Waals surface area (Å²) in [5.41, 5.74) is -10.1. The van der Waals surface area contributed by atoms with Crippen LogP contribution in [0.4, 0.5) is 0 Å². The first-order chi connectivity index (χ1) is 29.1. The van der Waals surface area contributed by atoms with Gasteiger partial charge in [0, 0.05) is 40.8 Å². The number of hydrogen-bond acceptors (Lipinski definition) is 19. The van der Waals surface area contributed by atoms with Gasteiger partial charge in [-0.15, -0.1) is 0 Å². The Morgan fingerprint density at radius 3 is 1.97 bits per heavy atom. The number of carbonyl (C=O) groups excluding carboxylic acids is 8. The summed E-state index contributed by atoms with van der Waals surface area (Å²) >= 11 is 0. The van der Waals surface area contributed by atoms with E-state index in [1.807, 2.05) is 0 Å². The third-order valence-electron chi connectivity index (χ3n) is 12.1. The van der Waals surface area contributed by atoms with Gasteiger partial charge in [-0.3, -0.25) is 33.8 Å². The van der Waals surface area contributed by atoms with Crippen LogP contribution in [0.25, 0.3) is 0 Å². The first-order valence-electron chi connectivity index (χ1n) is 19.9. The summed E-state index contributed by atoms with van der Waals surface area (Å²) in [6.45, 7) is 7.16. The van der Waals surface area contributed by atoms with Crippen molar-refractivity contribution in [1.29, 1.82) is 0 Å². The fourth-order valence-corrected chi connectivity index (χ4v) is 9.73. The molecule has 3 fully saturated rings. The van der Waals surface area contributed by atoms with Crippen molar-refractivity contribution < 1.29 is 86.1 Å². The van der Waals surface area contributed by atoms with E-state index < -0.39 is 132 Å². The molecule has 2 aliphatic carbocycles. The van der Waals surface area contributed by atoms with Crippen molar-refractivity contribution in [3.05, 3.63) is 65.5 Å². The van der Waals surface area contributed by atoms with Gasteiger partial charge >= 0.3 is 47.8 Å². The van der Waals surface area contributed by atoms with Crippen LogP contribution in [0.15, 0.2) is 48.7 Å². The van der Waals surface area contributed by atoms with Crippen molar-refractivity contribution in [3.63, 3.8) is 0 Å². The molecule has 1 N–H and O–H groups in total. The fraction of sp³-hybridized carbons (Fsp3) is 0.558. The molecule has 62 heavy (non-hydrogen) atoms. The zero-order chi connectivity index (χ0) is 45.5. The lowest BCUT2D eigenvalue weighted by Crippen LogP contribution is -2.89. The van der Waals surface area contributed by atoms with Gasteiger partial charge in [0.05, 0.1) is 28.7 Å². The first kappa shape index (κ1) is 45.6. The van der Waals surface area contributed by atoms with Crippen LogP contribution in [0.3, 0.4) is 0 Å². The predicted octanol–water partition coefficient (Wildman–Crippen LogP) is 2.16. The number of pyridine rings is 1. The van der Waals surface area contributed by atoms with Gasteiger partial charge in [-0.25, -0.2) is 9.59 Å². The molecule has 19 heteroatoms. The number of aromatic nitrogens is 1. The number of aliphatic hydroxyl groups is 1. The average Bonchev–Trinajstić information content (AvgIpc) is 3.41. The van der Waals surface area contributed by atoms with Gasteiger partial charge in [0.1, 0.15) is 42.0 Å². The van der Waals surface area contributed by atoms with E-state index in [1.165, 1.54) is 56.4 Å². The molecule has 334 valence electrons. The summed E-state index contributed by atoms with van der Waals surface area (Å²) in [5, 5.41) is 13.6. The quantitative estimate of drug-likeness (QED) is 0.295. The van der Waals surface area contributed by atoms with Crippen molar-refractivity contribution in [3.8, 4) is 0 Å². The Morgan fingerprint density at radius 2 is 1.37 bits per heavy atom. The molecule has 4 bridgehead atoms. The van der Waals surface area contributed by atoms with Crippen molar-refractivity contribution in [1.82, 2.24) is 4.98 Å². The van der Waals surface area contributed by atoms with Crippen molar-refractivity contribution >= 4 is 47.8 Å². The molecule has 0 amide bonds. The van der Waals surface area contributed by atoms with E-state index in [0.717, 1.165) is 41.5 Å². The Kier molecular flexibility index (Phi) is 12.6. The lowest BCUT2D eigenvalue weighted by Gasteiger charge is -2.67. The van der Waals surface area contributed by atoms with Crippen LogP contribution >= 0.6 is 0 Å². The van der Waals surface area contributed by atoms with Crippen LogP contribution < -0.4 is 0 Å². The number of carbonyl (C=O) groups is 8. The second-order valence-electron chi connectivity index (χ2n) is 16.4. The van der Waals surface area contributed by atoms with Crippen LogP contribution in [-0.2, 0) is 77.8 Å². The van der Waals surface area contributed by atoms with Crippen LogP contribution in [0.2, 0.25) is 0 Å². The fourth-order valence-electron chi connectivity index (χ4n) is 9.73. The Balaban J connectivity index is 1.77. The monoisotopic (exact) mass is 867 g/mol. The number of ether oxygens (including phenoxy) is 9. The molecule has 1 spiro atoms. The number of fused-ring (bicyclic) bond motifs is 5. The molecule has 6 rings (SSSR count). The summed E-state index contributed by atoms with van der Waals surface area (Å²) in [5.74, 6) is -10.7. The summed E-state index contributed by atoms with van der Waals surface area (Å²) in [4.78, 5) is 113. The second kappa shape index (κ2) is 17.1. The van der Waals surface area contributed by atoms with Gasteiger partial charge in [-0.2, -0.15) is 0 Å². The highest BCUT2D eigenvalue weighted by atomic mass is 16.7. The summed E-state index contributed by atoms with van der Waals surface area (Å²) < 4.78 is 55.3. The predicted molar refractivity (Wildman–Crippen MR) is 205 cm³/mol. The number of benzene rings is 1. The standard InChI is InChI=1S/C43H49NO18/c1-21-16-17-29-28(15-12-18-44-29)39(52)55-19-40(7)30-31(56-23(3)46)35(58-25(5)48)42(20-54-22(2)45)36(59-26(6)49)32(60-38(51)27-13-10-9-11-14-27)34(61-37(21)50)41(8,53)43(42,62-40)33(30)57-24(4)47/h9-15,18,21,30-36,53H,16-17,19-20H2,1-8H3/t21-,30?,31+,32-,33+,34-,35+,36-,40-,41-,42+,43-/m1/s1. The molecule has 3 heterocycles. The second-order valence-corrected chi connectivity index (χ2v) is 16.4. The SMILES string of the molecule is CC(=O)OC[C@]12[C@H](OC(C)=O)[C@H](OC(=O)c3ccccc3)[C@H]3OC(=O)[C@H](C)CCc4ncccc4C(=O)OC[C@@]4(C)O[C@]1([C@@H](OC(C)=O)C4[C@H](OC(C)=O)[C@@H]2OC(C)=O)[C@]3(C)O. The van der Waals surface area contributed by atoms with E-state index >= 15 is 0 Å². The zero-order valence-corrected chi connectivity index (χ0v) is 35.4. The van der Waals surface area contributed by atoms with E-state index in [0.29, 0.717) is 0 Å². The van der Waals surface area contributed by atoms with Crippen molar-refractivity contribution in [2.24, 2.45) is 17.3 Å². The Hall–Kier alpha value is -5.95. The molecule has 1 unspecified atom stereocenters. The maximum absolute atomic E-state index is 14.4. The summed E-state index contributed by atoms with van der Waals surface area (Å²) in [6, 6.07) is 10.4. The number of hydrogen-bond donors (Lipinski definition) is 1. The molecule has 12 atom stereocenters. The molecular formula is C43H49NO18. The van der Waals surface area contributed by atoms with Gasteiger partial charge < -0.3 is 47.7 Å². The number of nitrogens with zero attached hydrogens (tertiary/aromatic N) is 1. The highest BCUT2D eigenvalue weighted by Gasteiger charge is 2.92. The van der Waals surface area contributed by atoms with Gasteiger partial charge in [0.2, 0.25) is 0 Å². The maximum Gasteiger partial charge on any atom is 0.340 e. The average molecular weight is 868 g/mol.